The summed E-state index contributed by atoms with van der Waals surface area (Å²) in [5.41, 5.74) is 7.14. The smallest absolute Gasteiger partial charge is 0.239 e. The summed E-state index contributed by atoms with van der Waals surface area (Å²) in [5, 5.41) is 3.03. The van der Waals surface area contributed by atoms with E-state index >= 15 is 0 Å². The molecule has 0 aromatic heterocycles. The van der Waals surface area contributed by atoms with Gasteiger partial charge in [-0.1, -0.05) is 36.4 Å². The molecule has 0 aliphatic heterocycles. The molecule has 2 rings (SSSR count). The summed E-state index contributed by atoms with van der Waals surface area (Å²) in [4.78, 5) is 11.0. The lowest BCUT2D eigenvalue weighted by Gasteiger charge is -2.13. The van der Waals surface area contributed by atoms with Crippen molar-refractivity contribution in [2.75, 3.05) is 5.32 Å². The van der Waals surface area contributed by atoms with Gasteiger partial charge in [0.15, 0.2) is 0 Å². The molecule has 4 heteroatoms. The van der Waals surface area contributed by atoms with E-state index in [0.717, 1.165) is 17.0 Å². The predicted octanol–water partition coefficient (Wildman–Crippen LogP) is 2.55. The average molecular weight is 270 g/mol. The maximum Gasteiger partial charge on any atom is 0.239 e. The Morgan fingerprint density at radius 1 is 1.20 bits per heavy atom. The maximum absolute atomic E-state index is 11.0. The highest BCUT2D eigenvalue weighted by Crippen LogP contribution is 2.19. The minimum Gasteiger partial charge on any atom is -0.489 e. The first-order valence-electron chi connectivity index (χ1n) is 6.48. The van der Waals surface area contributed by atoms with Crippen molar-refractivity contribution in [3.63, 3.8) is 0 Å². The standard InChI is InChI=1S/C16H18N2O2/c1-12(16(17)19)18-14-8-5-9-15(10-14)20-11-13-6-3-2-4-7-13/h2-10,12,18H,11H2,1H3,(H2,17,19)/t12-/m0/s1. The first-order chi connectivity index (χ1) is 9.65. The number of primary amides is 1. The number of carbonyl (C=O) groups is 1. The van der Waals surface area contributed by atoms with Crippen molar-refractivity contribution in [3.8, 4) is 5.75 Å². The van der Waals surface area contributed by atoms with Crippen LogP contribution in [0, 0.1) is 0 Å². The van der Waals surface area contributed by atoms with Crippen LogP contribution in [0.2, 0.25) is 0 Å². The summed E-state index contributed by atoms with van der Waals surface area (Å²) in [6.45, 7) is 2.23. The molecular formula is C16H18N2O2. The number of nitrogens with one attached hydrogen (secondary N) is 1. The SMILES string of the molecule is C[C@H](Nc1cccc(OCc2ccccc2)c1)C(N)=O. The molecule has 4 nitrogen and oxygen atoms in total. The van der Waals surface area contributed by atoms with Crippen LogP contribution in [0.3, 0.4) is 0 Å². The van der Waals surface area contributed by atoms with Crippen molar-refractivity contribution in [2.45, 2.75) is 19.6 Å². The largest absolute Gasteiger partial charge is 0.489 e. The Morgan fingerprint density at radius 2 is 1.95 bits per heavy atom. The van der Waals surface area contributed by atoms with Crippen molar-refractivity contribution in [2.24, 2.45) is 5.73 Å². The van der Waals surface area contributed by atoms with Crippen molar-refractivity contribution < 1.29 is 9.53 Å². The lowest BCUT2D eigenvalue weighted by molar-refractivity contribution is -0.118. The van der Waals surface area contributed by atoms with Crippen LogP contribution >= 0.6 is 0 Å². The highest BCUT2D eigenvalue weighted by atomic mass is 16.5. The van der Waals surface area contributed by atoms with E-state index in [0.29, 0.717) is 6.61 Å². The Morgan fingerprint density at radius 3 is 2.65 bits per heavy atom. The first-order valence-corrected chi connectivity index (χ1v) is 6.48. The lowest BCUT2D eigenvalue weighted by atomic mass is 10.2. The van der Waals surface area contributed by atoms with E-state index in [-0.39, 0.29) is 5.91 Å². The third kappa shape index (κ3) is 4.02. The summed E-state index contributed by atoms with van der Waals surface area (Å²) in [6.07, 6.45) is 0. The molecule has 2 aromatic carbocycles. The molecule has 0 spiro atoms. The molecule has 0 unspecified atom stereocenters. The molecule has 3 N–H and O–H groups in total. The molecule has 0 bridgehead atoms. The fraction of sp³-hybridized carbons (Fsp3) is 0.188. The first kappa shape index (κ1) is 13.9. The lowest BCUT2D eigenvalue weighted by Crippen LogP contribution is -2.32. The molecule has 104 valence electrons. The molecule has 1 amide bonds. The van der Waals surface area contributed by atoms with Gasteiger partial charge in [-0.05, 0) is 24.6 Å². The van der Waals surface area contributed by atoms with Crippen molar-refractivity contribution >= 4 is 11.6 Å². The Bertz CT molecular complexity index is 570. The van der Waals surface area contributed by atoms with Crippen LogP contribution in [0.25, 0.3) is 0 Å². The Hall–Kier alpha value is -2.49. The van der Waals surface area contributed by atoms with Crippen molar-refractivity contribution in [1.29, 1.82) is 0 Å². The summed E-state index contributed by atoms with van der Waals surface area (Å²) >= 11 is 0. The van der Waals surface area contributed by atoms with Crippen LogP contribution < -0.4 is 15.8 Å². The summed E-state index contributed by atoms with van der Waals surface area (Å²) in [5.74, 6) is 0.358. The van der Waals surface area contributed by atoms with Gasteiger partial charge < -0.3 is 15.8 Å². The molecule has 0 radical (unpaired) electrons. The average Bonchev–Trinajstić information content (AvgIpc) is 2.46. The van der Waals surface area contributed by atoms with E-state index in [1.807, 2.05) is 54.6 Å². The number of rotatable bonds is 6. The Labute approximate surface area is 118 Å². The third-order valence-electron chi connectivity index (χ3n) is 2.89. The van der Waals surface area contributed by atoms with Crippen LogP contribution in [0.5, 0.6) is 5.75 Å². The number of ether oxygens (including phenoxy) is 1. The minimum absolute atomic E-state index is 0.388. The zero-order valence-corrected chi connectivity index (χ0v) is 11.4. The van der Waals surface area contributed by atoms with E-state index in [1.165, 1.54) is 0 Å². The summed E-state index contributed by atoms with van der Waals surface area (Å²) < 4.78 is 5.72. The minimum atomic E-state index is -0.417. The number of benzene rings is 2. The van der Waals surface area contributed by atoms with Gasteiger partial charge in [0.1, 0.15) is 18.4 Å². The molecular weight excluding hydrogens is 252 g/mol. The van der Waals surface area contributed by atoms with E-state index in [2.05, 4.69) is 5.32 Å². The highest BCUT2D eigenvalue weighted by Gasteiger charge is 2.08. The number of hydrogen-bond donors (Lipinski definition) is 2. The van der Waals surface area contributed by atoms with Crippen LogP contribution in [0.4, 0.5) is 5.69 Å². The fourth-order valence-corrected chi connectivity index (χ4v) is 1.74. The van der Waals surface area contributed by atoms with Gasteiger partial charge in [0, 0.05) is 11.8 Å². The second-order valence-electron chi connectivity index (χ2n) is 4.57. The van der Waals surface area contributed by atoms with Crippen LogP contribution in [0.15, 0.2) is 54.6 Å². The zero-order chi connectivity index (χ0) is 14.4. The van der Waals surface area contributed by atoms with E-state index < -0.39 is 6.04 Å². The molecule has 0 aliphatic rings. The molecule has 0 fully saturated rings. The molecule has 0 saturated heterocycles. The fourth-order valence-electron chi connectivity index (χ4n) is 1.74. The third-order valence-corrected chi connectivity index (χ3v) is 2.89. The van der Waals surface area contributed by atoms with Gasteiger partial charge >= 0.3 is 0 Å². The van der Waals surface area contributed by atoms with Crippen LogP contribution in [-0.4, -0.2) is 11.9 Å². The predicted molar refractivity (Wildman–Crippen MR) is 79.5 cm³/mol. The zero-order valence-electron chi connectivity index (χ0n) is 11.4. The van der Waals surface area contributed by atoms with Gasteiger partial charge in [-0.15, -0.1) is 0 Å². The highest BCUT2D eigenvalue weighted by molar-refractivity contribution is 5.82. The van der Waals surface area contributed by atoms with Gasteiger partial charge in [0.25, 0.3) is 0 Å². The molecule has 20 heavy (non-hydrogen) atoms. The maximum atomic E-state index is 11.0. The Kier molecular flexibility index (Phi) is 4.60. The van der Waals surface area contributed by atoms with E-state index in [4.69, 9.17) is 10.5 Å². The van der Waals surface area contributed by atoms with Gasteiger partial charge in [0.05, 0.1) is 0 Å². The van der Waals surface area contributed by atoms with Gasteiger partial charge in [-0.2, -0.15) is 0 Å². The molecule has 1 atom stereocenters. The number of anilines is 1. The second-order valence-corrected chi connectivity index (χ2v) is 4.57. The molecule has 0 saturated carbocycles. The summed E-state index contributed by atoms with van der Waals surface area (Å²) in [6, 6.07) is 17.0. The molecule has 0 heterocycles. The van der Waals surface area contributed by atoms with Crippen molar-refractivity contribution in [1.82, 2.24) is 0 Å². The van der Waals surface area contributed by atoms with E-state index in [9.17, 15) is 4.79 Å². The van der Waals surface area contributed by atoms with Crippen molar-refractivity contribution in [3.05, 3.63) is 60.2 Å². The van der Waals surface area contributed by atoms with E-state index in [1.54, 1.807) is 6.92 Å². The van der Waals surface area contributed by atoms with Gasteiger partial charge in [0.2, 0.25) is 5.91 Å². The number of carbonyl (C=O) groups excluding carboxylic acids is 1. The molecule has 2 aromatic rings. The van der Waals surface area contributed by atoms with Gasteiger partial charge in [-0.3, -0.25) is 4.79 Å². The van der Waals surface area contributed by atoms with Gasteiger partial charge in [-0.25, -0.2) is 0 Å². The normalized spacial score (nSPS) is 11.7. The number of hydrogen-bond acceptors (Lipinski definition) is 3. The van der Waals surface area contributed by atoms with Crippen LogP contribution in [0.1, 0.15) is 12.5 Å². The second kappa shape index (κ2) is 6.61. The molecule has 0 aliphatic carbocycles. The topological polar surface area (TPSA) is 64.3 Å². The monoisotopic (exact) mass is 270 g/mol. The number of amides is 1. The Balaban J connectivity index is 1.97. The number of nitrogens with two attached hydrogens (primary N) is 1. The summed E-state index contributed by atoms with van der Waals surface area (Å²) in [7, 11) is 0. The quantitative estimate of drug-likeness (QED) is 0.848. The van der Waals surface area contributed by atoms with Crippen LogP contribution in [-0.2, 0) is 11.4 Å².